The Labute approximate surface area is 94.2 Å². The monoisotopic (exact) mass is 224 g/mol. The summed E-state index contributed by atoms with van der Waals surface area (Å²) >= 11 is 0. The maximum atomic E-state index is 11.6. The van der Waals surface area contributed by atoms with Crippen molar-refractivity contribution in [3.8, 4) is 0 Å². The van der Waals surface area contributed by atoms with Gasteiger partial charge in [0, 0.05) is 19.3 Å². The Morgan fingerprint density at radius 1 is 1.44 bits per heavy atom. The molecule has 4 heteroatoms. The third-order valence-corrected chi connectivity index (χ3v) is 5.12. The number of carbonyl (C=O) groups is 1. The van der Waals surface area contributed by atoms with Gasteiger partial charge in [-0.1, -0.05) is 6.92 Å². The zero-order valence-corrected chi connectivity index (χ0v) is 9.40. The molecule has 0 spiro atoms. The van der Waals surface area contributed by atoms with Crippen molar-refractivity contribution in [1.82, 2.24) is 0 Å². The fraction of sp³-hybridized carbons (Fsp3) is 0.917. The van der Waals surface area contributed by atoms with E-state index in [0.29, 0.717) is 12.3 Å². The van der Waals surface area contributed by atoms with Gasteiger partial charge in [0.1, 0.15) is 0 Å². The zero-order chi connectivity index (χ0) is 11.0. The molecule has 4 heterocycles. The van der Waals surface area contributed by atoms with Crippen LogP contribution in [0.4, 0.5) is 0 Å². The lowest BCUT2D eigenvalue weighted by Gasteiger charge is -2.67. The normalized spacial score (nSPS) is 58.3. The molecule has 88 valence electrons. The van der Waals surface area contributed by atoms with Crippen molar-refractivity contribution in [2.45, 2.75) is 57.2 Å². The molecule has 0 aromatic carbocycles. The average molecular weight is 224 g/mol. The number of esters is 1. The first-order valence-electron chi connectivity index (χ1n) is 6.19. The Morgan fingerprint density at radius 2 is 2.31 bits per heavy atom. The van der Waals surface area contributed by atoms with Gasteiger partial charge in [-0.15, -0.1) is 0 Å². The molecule has 4 aliphatic heterocycles. The fourth-order valence-electron chi connectivity index (χ4n) is 4.22. The van der Waals surface area contributed by atoms with Gasteiger partial charge in [-0.25, -0.2) is 0 Å². The van der Waals surface area contributed by atoms with Gasteiger partial charge < -0.3 is 14.2 Å². The number of hydrogen-bond acceptors (Lipinski definition) is 4. The average Bonchev–Trinajstić information content (AvgIpc) is 2.16. The summed E-state index contributed by atoms with van der Waals surface area (Å²) in [6, 6.07) is 0. The topological polar surface area (TPSA) is 44.8 Å². The highest BCUT2D eigenvalue weighted by molar-refractivity contribution is 5.72. The first-order valence-corrected chi connectivity index (χ1v) is 6.19. The van der Waals surface area contributed by atoms with E-state index in [1.165, 1.54) is 0 Å². The molecular weight excluding hydrogens is 208 g/mol. The Bertz CT molecular complexity index is 368. The molecule has 5 rings (SSSR count). The molecule has 5 fully saturated rings. The SMILES string of the molecule is C[C@@]12[C@H]3CC(=O)O[C@@]14CCC[C@@H]2O[C@H](C3)O4. The highest BCUT2D eigenvalue weighted by Gasteiger charge is 2.72. The van der Waals surface area contributed by atoms with Crippen LogP contribution in [0.1, 0.15) is 39.0 Å². The molecule has 5 atom stereocenters. The molecule has 0 unspecified atom stereocenters. The first-order chi connectivity index (χ1) is 7.64. The Hall–Kier alpha value is -0.610. The number of carbonyl (C=O) groups excluding carboxylic acids is 1. The molecule has 1 saturated carbocycles. The van der Waals surface area contributed by atoms with Crippen LogP contribution >= 0.6 is 0 Å². The predicted octanol–water partition coefficient (Wildman–Crippen LogP) is 1.58. The molecule has 0 amide bonds. The minimum atomic E-state index is -0.670. The standard InChI is InChI=1S/C12H16O4/c1-11-7-5-9(13)15-12(11)4-2-3-8(11)14-10(6-7)16-12/h7-8,10H,2-6H2,1H3/t7-,8-,10-,11-,12+/m0/s1. The van der Waals surface area contributed by atoms with E-state index in [1.54, 1.807) is 0 Å². The van der Waals surface area contributed by atoms with Crippen LogP contribution in [0, 0.1) is 11.3 Å². The molecule has 5 aliphatic rings. The molecular formula is C12H16O4. The summed E-state index contributed by atoms with van der Waals surface area (Å²) in [4.78, 5) is 11.6. The highest BCUT2D eigenvalue weighted by atomic mass is 16.8. The van der Waals surface area contributed by atoms with Gasteiger partial charge in [0.25, 0.3) is 0 Å². The number of rotatable bonds is 0. The maximum absolute atomic E-state index is 11.6. The summed E-state index contributed by atoms with van der Waals surface area (Å²) in [6.45, 7) is 2.18. The van der Waals surface area contributed by atoms with Gasteiger partial charge >= 0.3 is 5.97 Å². The molecule has 0 N–H and O–H groups in total. The van der Waals surface area contributed by atoms with E-state index in [1.807, 2.05) is 0 Å². The van der Waals surface area contributed by atoms with Crippen molar-refractivity contribution < 1.29 is 19.0 Å². The molecule has 1 aliphatic carbocycles. The Kier molecular flexibility index (Phi) is 1.54. The molecule has 16 heavy (non-hydrogen) atoms. The van der Waals surface area contributed by atoms with E-state index in [2.05, 4.69) is 6.92 Å². The Balaban J connectivity index is 1.88. The molecule has 0 aromatic heterocycles. The van der Waals surface area contributed by atoms with Crippen LogP contribution in [-0.2, 0) is 19.0 Å². The van der Waals surface area contributed by atoms with Crippen LogP contribution in [0.5, 0.6) is 0 Å². The van der Waals surface area contributed by atoms with Crippen molar-refractivity contribution in [3.63, 3.8) is 0 Å². The van der Waals surface area contributed by atoms with Crippen LogP contribution in [-0.4, -0.2) is 24.2 Å². The van der Waals surface area contributed by atoms with E-state index in [-0.39, 0.29) is 23.8 Å². The maximum Gasteiger partial charge on any atom is 0.308 e. The molecule has 5 bridgehead atoms. The smallest absolute Gasteiger partial charge is 0.308 e. The summed E-state index contributed by atoms with van der Waals surface area (Å²) in [5.74, 6) is -0.382. The van der Waals surface area contributed by atoms with Crippen LogP contribution in [0.25, 0.3) is 0 Å². The fourth-order valence-corrected chi connectivity index (χ4v) is 4.22. The van der Waals surface area contributed by atoms with E-state index in [9.17, 15) is 4.79 Å². The van der Waals surface area contributed by atoms with E-state index < -0.39 is 5.79 Å². The zero-order valence-electron chi connectivity index (χ0n) is 9.40. The second-order valence-corrected chi connectivity index (χ2v) is 5.71. The van der Waals surface area contributed by atoms with Crippen LogP contribution in [0.3, 0.4) is 0 Å². The lowest BCUT2D eigenvalue weighted by molar-refractivity contribution is -0.470. The quantitative estimate of drug-likeness (QED) is 0.586. The van der Waals surface area contributed by atoms with Crippen LogP contribution < -0.4 is 0 Å². The number of hydrogen-bond donors (Lipinski definition) is 0. The molecule has 4 saturated heterocycles. The van der Waals surface area contributed by atoms with Crippen molar-refractivity contribution >= 4 is 5.97 Å². The third kappa shape index (κ3) is 0.843. The van der Waals surface area contributed by atoms with Gasteiger partial charge in [0.2, 0.25) is 5.79 Å². The first kappa shape index (κ1) is 9.42. The van der Waals surface area contributed by atoms with E-state index >= 15 is 0 Å². The molecule has 0 aromatic rings. The third-order valence-electron chi connectivity index (χ3n) is 5.12. The van der Waals surface area contributed by atoms with Crippen molar-refractivity contribution in [1.29, 1.82) is 0 Å². The van der Waals surface area contributed by atoms with Crippen molar-refractivity contribution in [2.24, 2.45) is 11.3 Å². The molecule has 4 nitrogen and oxygen atoms in total. The second-order valence-electron chi connectivity index (χ2n) is 5.71. The predicted molar refractivity (Wildman–Crippen MR) is 53.3 cm³/mol. The minimum absolute atomic E-state index is 0.0940. The van der Waals surface area contributed by atoms with Crippen LogP contribution in [0.15, 0.2) is 0 Å². The van der Waals surface area contributed by atoms with Crippen molar-refractivity contribution in [2.75, 3.05) is 0 Å². The van der Waals surface area contributed by atoms with Crippen LogP contribution in [0.2, 0.25) is 0 Å². The van der Waals surface area contributed by atoms with Crippen molar-refractivity contribution in [3.05, 3.63) is 0 Å². The van der Waals surface area contributed by atoms with E-state index in [0.717, 1.165) is 25.7 Å². The number of ether oxygens (including phenoxy) is 3. The Morgan fingerprint density at radius 3 is 3.19 bits per heavy atom. The summed E-state index contributed by atoms with van der Waals surface area (Å²) < 4.78 is 17.4. The van der Waals surface area contributed by atoms with Gasteiger partial charge in [0.15, 0.2) is 6.29 Å². The van der Waals surface area contributed by atoms with Gasteiger partial charge in [-0.3, -0.25) is 4.79 Å². The summed E-state index contributed by atoms with van der Waals surface area (Å²) in [5, 5.41) is 0. The van der Waals surface area contributed by atoms with Gasteiger partial charge in [-0.2, -0.15) is 0 Å². The second kappa shape index (κ2) is 2.62. The van der Waals surface area contributed by atoms with Gasteiger partial charge in [0.05, 0.1) is 11.5 Å². The highest BCUT2D eigenvalue weighted by Crippen LogP contribution is 2.64. The van der Waals surface area contributed by atoms with Gasteiger partial charge in [-0.05, 0) is 18.8 Å². The lowest BCUT2D eigenvalue weighted by Crippen LogP contribution is -2.74. The summed E-state index contributed by atoms with van der Waals surface area (Å²) in [7, 11) is 0. The minimum Gasteiger partial charge on any atom is -0.432 e. The summed E-state index contributed by atoms with van der Waals surface area (Å²) in [5.41, 5.74) is -0.117. The molecule has 0 radical (unpaired) electrons. The van der Waals surface area contributed by atoms with E-state index in [4.69, 9.17) is 14.2 Å². The largest absolute Gasteiger partial charge is 0.432 e. The summed E-state index contributed by atoms with van der Waals surface area (Å²) in [6.07, 6.45) is 4.39. The lowest BCUT2D eigenvalue weighted by atomic mass is 9.55.